The van der Waals surface area contributed by atoms with E-state index in [1.165, 1.54) is 18.6 Å². The van der Waals surface area contributed by atoms with E-state index >= 15 is 4.39 Å². The number of H-pyrrole nitrogens is 2. The van der Waals surface area contributed by atoms with E-state index in [1.807, 2.05) is 42.5 Å². The zero-order valence-electron chi connectivity index (χ0n) is 20.7. The molecule has 0 aliphatic carbocycles. The van der Waals surface area contributed by atoms with Crippen molar-refractivity contribution in [1.29, 1.82) is 0 Å². The SMILES string of the molecule is O=C(Cc1ccccc1)Nc1cncc(-c2cnc3n[nH]c(-c4nc5nccc(-c6ccoc6)c5[nH]4)c3c2F)c1. The van der Waals surface area contributed by atoms with E-state index in [-0.39, 0.29) is 28.9 Å². The van der Waals surface area contributed by atoms with Crippen molar-refractivity contribution >= 4 is 33.8 Å². The summed E-state index contributed by atoms with van der Waals surface area (Å²) in [6, 6.07) is 14.7. The number of amides is 1. The Hall–Kier alpha value is -5.71. The number of nitrogens with zero attached hydrogens (tertiary/aromatic N) is 5. The van der Waals surface area contributed by atoms with Crippen LogP contribution in [0.5, 0.6) is 0 Å². The van der Waals surface area contributed by atoms with Crippen molar-refractivity contribution in [3.05, 3.63) is 97.2 Å². The van der Waals surface area contributed by atoms with Gasteiger partial charge in [0.15, 0.2) is 17.1 Å². The number of carbonyl (C=O) groups excluding carboxylic acids is 1. The largest absolute Gasteiger partial charge is 0.472 e. The molecule has 0 atom stereocenters. The highest BCUT2D eigenvalue weighted by molar-refractivity contribution is 5.97. The number of nitrogens with one attached hydrogen (secondary N) is 3. The summed E-state index contributed by atoms with van der Waals surface area (Å²) in [5, 5.41) is 10.0. The van der Waals surface area contributed by atoms with E-state index in [1.54, 1.807) is 24.8 Å². The molecule has 0 fully saturated rings. The summed E-state index contributed by atoms with van der Waals surface area (Å²) in [6.45, 7) is 0. The Morgan fingerprint density at radius 1 is 0.975 bits per heavy atom. The molecule has 11 heteroatoms. The van der Waals surface area contributed by atoms with Crippen molar-refractivity contribution in [3.8, 4) is 33.8 Å². The summed E-state index contributed by atoms with van der Waals surface area (Å²) in [5.74, 6) is -0.393. The lowest BCUT2D eigenvalue weighted by Gasteiger charge is -2.08. The summed E-state index contributed by atoms with van der Waals surface area (Å²) in [4.78, 5) is 33.3. The van der Waals surface area contributed by atoms with Gasteiger partial charge in [-0.15, -0.1) is 0 Å². The van der Waals surface area contributed by atoms with Gasteiger partial charge in [-0.2, -0.15) is 5.10 Å². The molecular formula is C29H19FN8O2. The molecule has 7 rings (SSSR count). The second-order valence-corrected chi connectivity index (χ2v) is 9.11. The predicted molar refractivity (Wildman–Crippen MR) is 146 cm³/mol. The molecule has 194 valence electrons. The van der Waals surface area contributed by atoms with Crippen molar-refractivity contribution in [2.45, 2.75) is 6.42 Å². The number of benzene rings is 1. The lowest BCUT2D eigenvalue weighted by Crippen LogP contribution is -2.14. The fourth-order valence-corrected chi connectivity index (χ4v) is 4.65. The predicted octanol–water partition coefficient (Wildman–Crippen LogP) is 5.54. The van der Waals surface area contributed by atoms with Crippen molar-refractivity contribution in [3.63, 3.8) is 0 Å². The van der Waals surface area contributed by atoms with Gasteiger partial charge in [0.25, 0.3) is 0 Å². The van der Waals surface area contributed by atoms with Gasteiger partial charge in [-0.05, 0) is 23.8 Å². The van der Waals surface area contributed by atoms with E-state index in [2.05, 4.69) is 40.4 Å². The molecule has 0 unspecified atom stereocenters. The van der Waals surface area contributed by atoms with Crippen LogP contribution < -0.4 is 5.32 Å². The molecule has 0 aliphatic heterocycles. The van der Waals surface area contributed by atoms with Crippen molar-refractivity contribution in [2.24, 2.45) is 0 Å². The molecule has 7 aromatic rings. The standard InChI is InChI=1S/C29H19FN8O2/c30-24-21(18-11-19(13-31-12-18)34-22(39)10-16-4-2-1-3-5-16)14-33-27-23(24)26(37-38-27)29-35-25-20(17-7-9-40-15-17)6-8-32-28(25)36-29/h1-9,11-15H,10H2,(H,34,39)(H,32,35,36)(H,33,37,38). The smallest absolute Gasteiger partial charge is 0.228 e. The number of imidazole rings is 1. The Bertz CT molecular complexity index is 2000. The summed E-state index contributed by atoms with van der Waals surface area (Å²) >= 11 is 0. The number of aromatic amines is 2. The average Bonchev–Trinajstić information content (AvgIpc) is 3.73. The summed E-state index contributed by atoms with van der Waals surface area (Å²) in [5.41, 5.74) is 5.35. The van der Waals surface area contributed by atoms with Crippen LogP contribution in [0.2, 0.25) is 0 Å². The van der Waals surface area contributed by atoms with E-state index in [0.717, 1.165) is 16.7 Å². The monoisotopic (exact) mass is 530 g/mol. The molecule has 0 saturated heterocycles. The number of anilines is 1. The molecule has 6 aromatic heterocycles. The fraction of sp³-hybridized carbons (Fsp3) is 0.0345. The molecule has 10 nitrogen and oxygen atoms in total. The highest BCUT2D eigenvalue weighted by Gasteiger charge is 2.21. The summed E-state index contributed by atoms with van der Waals surface area (Å²) < 4.78 is 21.3. The van der Waals surface area contributed by atoms with Crippen LogP contribution in [0.4, 0.5) is 10.1 Å². The molecule has 1 amide bonds. The summed E-state index contributed by atoms with van der Waals surface area (Å²) in [6.07, 6.45) is 9.50. The zero-order valence-corrected chi connectivity index (χ0v) is 20.7. The van der Waals surface area contributed by atoms with Gasteiger partial charge in [0.05, 0.1) is 41.7 Å². The summed E-state index contributed by atoms with van der Waals surface area (Å²) in [7, 11) is 0. The van der Waals surface area contributed by atoms with E-state index in [4.69, 9.17) is 4.42 Å². The van der Waals surface area contributed by atoms with Crippen LogP contribution in [0.1, 0.15) is 5.56 Å². The Balaban J connectivity index is 1.24. The number of halogens is 1. The molecule has 0 spiro atoms. The first-order chi connectivity index (χ1) is 19.6. The lowest BCUT2D eigenvalue weighted by molar-refractivity contribution is -0.115. The van der Waals surface area contributed by atoms with Gasteiger partial charge in [-0.25, -0.2) is 19.3 Å². The van der Waals surface area contributed by atoms with Gasteiger partial charge in [0.2, 0.25) is 5.91 Å². The minimum atomic E-state index is -0.549. The number of fused-ring (bicyclic) bond motifs is 2. The van der Waals surface area contributed by atoms with Crippen molar-refractivity contribution in [1.82, 2.24) is 35.1 Å². The Labute approximate surface area is 225 Å². The molecule has 40 heavy (non-hydrogen) atoms. The third-order valence-corrected chi connectivity index (χ3v) is 6.52. The van der Waals surface area contributed by atoms with Crippen LogP contribution in [0.15, 0.2) is 90.3 Å². The number of hydrogen-bond donors (Lipinski definition) is 3. The second-order valence-electron chi connectivity index (χ2n) is 9.11. The van der Waals surface area contributed by atoms with E-state index in [9.17, 15) is 4.79 Å². The maximum absolute atomic E-state index is 16.1. The quantitative estimate of drug-likeness (QED) is 0.257. The van der Waals surface area contributed by atoms with Crippen molar-refractivity contribution < 1.29 is 13.6 Å². The first-order valence-corrected chi connectivity index (χ1v) is 12.3. The van der Waals surface area contributed by atoms with E-state index in [0.29, 0.717) is 33.9 Å². The number of carbonyl (C=O) groups is 1. The molecule has 0 saturated carbocycles. The number of furan rings is 1. The number of aromatic nitrogens is 7. The molecule has 3 N–H and O–H groups in total. The number of rotatable bonds is 6. The average molecular weight is 531 g/mol. The molecule has 6 heterocycles. The Morgan fingerprint density at radius 3 is 2.73 bits per heavy atom. The molecule has 0 radical (unpaired) electrons. The second kappa shape index (κ2) is 9.55. The molecule has 0 bridgehead atoms. The molecular weight excluding hydrogens is 511 g/mol. The molecule has 0 aliphatic rings. The highest BCUT2D eigenvalue weighted by atomic mass is 19.1. The van der Waals surface area contributed by atoms with Gasteiger partial charge < -0.3 is 14.7 Å². The van der Waals surface area contributed by atoms with Crippen LogP contribution in [-0.4, -0.2) is 41.0 Å². The topological polar surface area (TPSA) is 138 Å². The van der Waals surface area contributed by atoms with Crippen LogP contribution in [0, 0.1) is 5.82 Å². The Kier molecular flexibility index (Phi) is 5.59. The maximum atomic E-state index is 16.1. The van der Waals surface area contributed by atoms with Gasteiger partial charge >= 0.3 is 0 Å². The van der Waals surface area contributed by atoms with E-state index < -0.39 is 5.82 Å². The zero-order chi connectivity index (χ0) is 27.1. The van der Waals surface area contributed by atoms with Gasteiger partial charge in [-0.1, -0.05) is 30.3 Å². The van der Waals surface area contributed by atoms with Crippen LogP contribution in [0.25, 0.3) is 56.0 Å². The first-order valence-electron chi connectivity index (χ1n) is 12.3. The normalized spacial score (nSPS) is 11.3. The Morgan fingerprint density at radius 2 is 1.88 bits per heavy atom. The number of pyridine rings is 3. The van der Waals surface area contributed by atoms with Crippen LogP contribution >= 0.6 is 0 Å². The maximum Gasteiger partial charge on any atom is 0.228 e. The van der Waals surface area contributed by atoms with Gasteiger partial charge in [0, 0.05) is 40.8 Å². The number of hydrogen-bond acceptors (Lipinski definition) is 7. The highest BCUT2D eigenvalue weighted by Crippen LogP contribution is 2.34. The minimum absolute atomic E-state index is 0.167. The third-order valence-electron chi connectivity index (χ3n) is 6.52. The van der Waals surface area contributed by atoms with Crippen LogP contribution in [-0.2, 0) is 11.2 Å². The van der Waals surface area contributed by atoms with Gasteiger partial charge in [-0.3, -0.25) is 14.9 Å². The van der Waals surface area contributed by atoms with Crippen molar-refractivity contribution in [2.75, 3.05) is 5.32 Å². The van der Waals surface area contributed by atoms with Crippen LogP contribution in [0.3, 0.4) is 0 Å². The molecule has 1 aromatic carbocycles. The fourth-order valence-electron chi connectivity index (χ4n) is 4.65. The first kappa shape index (κ1) is 23.4. The minimum Gasteiger partial charge on any atom is -0.472 e. The lowest BCUT2D eigenvalue weighted by atomic mass is 10.1. The third kappa shape index (κ3) is 4.15. The van der Waals surface area contributed by atoms with Gasteiger partial charge in [0.1, 0.15) is 11.5 Å².